The molecule has 1 aliphatic heterocycles. The summed E-state index contributed by atoms with van der Waals surface area (Å²) in [5.41, 5.74) is -0.0507. The SMILES string of the molecule is O=C(CCC(=O)c1ccccc1F)NCCS(=O)(=O)N1CCOCC1. The Balaban J connectivity index is 1.72. The molecule has 0 saturated carbocycles. The summed E-state index contributed by atoms with van der Waals surface area (Å²) < 4.78 is 44.1. The Hall–Kier alpha value is -1.84. The third-order valence-corrected chi connectivity index (χ3v) is 5.67. The highest BCUT2D eigenvalue weighted by Gasteiger charge is 2.24. The lowest BCUT2D eigenvalue weighted by atomic mass is 10.1. The van der Waals surface area contributed by atoms with Gasteiger partial charge in [0.05, 0.1) is 24.5 Å². The first-order valence-corrected chi connectivity index (χ1v) is 9.61. The van der Waals surface area contributed by atoms with E-state index in [1.807, 2.05) is 0 Å². The average molecular weight is 372 g/mol. The number of nitrogens with one attached hydrogen (secondary N) is 1. The Morgan fingerprint density at radius 1 is 1.16 bits per heavy atom. The van der Waals surface area contributed by atoms with Crippen LogP contribution in [0.1, 0.15) is 23.2 Å². The number of halogens is 1. The summed E-state index contributed by atoms with van der Waals surface area (Å²) in [6.07, 6.45) is -0.256. The van der Waals surface area contributed by atoms with Crippen molar-refractivity contribution in [2.45, 2.75) is 12.8 Å². The summed E-state index contributed by atoms with van der Waals surface area (Å²) in [6, 6.07) is 5.58. The van der Waals surface area contributed by atoms with Crippen molar-refractivity contribution in [1.29, 1.82) is 0 Å². The molecule has 1 aromatic carbocycles. The second kappa shape index (κ2) is 9.02. The minimum absolute atomic E-state index is 0.0353. The number of rotatable bonds is 8. The minimum Gasteiger partial charge on any atom is -0.379 e. The highest BCUT2D eigenvalue weighted by Crippen LogP contribution is 2.10. The monoisotopic (exact) mass is 372 g/mol. The second-order valence-corrected chi connectivity index (χ2v) is 7.67. The number of Topliss-reactive ketones (excluding diaryl/α,β-unsaturated/α-hetero) is 1. The van der Waals surface area contributed by atoms with Crippen molar-refractivity contribution in [3.05, 3.63) is 35.6 Å². The van der Waals surface area contributed by atoms with Crippen LogP contribution in [0.15, 0.2) is 24.3 Å². The van der Waals surface area contributed by atoms with E-state index >= 15 is 0 Å². The topological polar surface area (TPSA) is 92.8 Å². The number of morpholine rings is 1. The molecule has 2 rings (SSSR count). The zero-order valence-electron chi connectivity index (χ0n) is 13.7. The standard InChI is InChI=1S/C16H21FN2O5S/c17-14-4-2-1-3-13(14)15(20)5-6-16(21)18-7-12-25(22,23)19-8-10-24-11-9-19/h1-4H,5-12H2,(H,18,21). The van der Waals surface area contributed by atoms with Crippen molar-refractivity contribution in [3.8, 4) is 0 Å². The van der Waals surface area contributed by atoms with Gasteiger partial charge in [0.2, 0.25) is 15.9 Å². The van der Waals surface area contributed by atoms with Crippen LogP contribution in [0.4, 0.5) is 4.39 Å². The summed E-state index contributed by atoms with van der Waals surface area (Å²) in [4.78, 5) is 23.6. The smallest absolute Gasteiger partial charge is 0.220 e. The van der Waals surface area contributed by atoms with Crippen LogP contribution in [0.3, 0.4) is 0 Å². The van der Waals surface area contributed by atoms with E-state index in [4.69, 9.17) is 4.74 Å². The van der Waals surface area contributed by atoms with E-state index in [1.165, 1.54) is 22.5 Å². The van der Waals surface area contributed by atoms with Crippen molar-refractivity contribution < 1.29 is 27.1 Å². The summed E-state index contributed by atoms with van der Waals surface area (Å²) >= 11 is 0. The van der Waals surface area contributed by atoms with Gasteiger partial charge in [-0.15, -0.1) is 0 Å². The number of ether oxygens (including phenoxy) is 1. The third kappa shape index (κ3) is 5.87. The van der Waals surface area contributed by atoms with Crippen LogP contribution in [0.2, 0.25) is 0 Å². The molecule has 1 heterocycles. The van der Waals surface area contributed by atoms with E-state index < -0.39 is 27.5 Å². The normalized spacial score (nSPS) is 15.7. The van der Waals surface area contributed by atoms with E-state index in [0.717, 1.165) is 0 Å². The van der Waals surface area contributed by atoms with E-state index in [0.29, 0.717) is 26.3 Å². The number of benzene rings is 1. The summed E-state index contributed by atoms with van der Waals surface area (Å²) in [7, 11) is -3.44. The minimum atomic E-state index is -3.44. The number of carbonyl (C=O) groups excluding carboxylic acids is 2. The number of sulfonamides is 1. The first kappa shape index (κ1) is 19.5. The molecule has 0 bridgehead atoms. The molecule has 1 fully saturated rings. The number of hydrogen-bond donors (Lipinski definition) is 1. The first-order valence-electron chi connectivity index (χ1n) is 8.00. The van der Waals surface area contributed by atoms with E-state index in [2.05, 4.69) is 5.32 Å². The second-order valence-electron chi connectivity index (χ2n) is 5.58. The molecule has 0 spiro atoms. The van der Waals surface area contributed by atoms with Gasteiger partial charge in [-0.25, -0.2) is 12.8 Å². The van der Waals surface area contributed by atoms with Crippen LogP contribution in [0, 0.1) is 5.82 Å². The summed E-state index contributed by atoms with van der Waals surface area (Å²) in [5.74, 6) is -1.74. The van der Waals surface area contributed by atoms with Crippen molar-refractivity contribution in [2.24, 2.45) is 0 Å². The lowest BCUT2D eigenvalue weighted by Gasteiger charge is -2.26. The quantitative estimate of drug-likeness (QED) is 0.674. The van der Waals surface area contributed by atoms with Gasteiger partial charge in [0.1, 0.15) is 5.82 Å². The van der Waals surface area contributed by atoms with Gasteiger partial charge in [-0.2, -0.15) is 4.31 Å². The maximum Gasteiger partial charge on any atom is 0.220 e. The molecular formula is C16H21FN2O5S. The van der Waals surface area contributed by atoms with Gasteiger partial charge in [0, 0.05) is 32.5 Å². The molecule has 1 aromatic rings. The Morgan fingerprint density at radius 3 is 2.52 bits per heavy atom. The zero-order valence-corrected chi connectivity index (χ0v) is 14.6. The highest BCUT2D eigenvalue weighted by atomic mass is 32.2. The molecule has 138 valence electrons. The molecule has 0 radical (unpaired) electrons. The van der Waals surface area contributed by atoms with Gasteiger partial charge in [-0.3, -0.25) is 9.59 Å². The maximum absolute atomic E-state index is 13.5. The van der Waals surface area contributed by atoms with Gasteiger partial charge < -0.3 is 10.1 Å². The largest absolute Gasteiger partial charge is 0.379 e. The predicted octanol–water partition coefficient (Wildman–Crippen LogP) is 0.567. The van der Waals surface area contributed by atoms with Gasteiger partial charge >= 0.3 is 0 Å². The molecule has 0 aliphatic carbocycles. The molecule has 9 heteroatoms. The first-order chi connectivity index (χ1) is 11.9. The number of carbonyl (C=O) groups is 2. The van der Waals surface area contributed by atoms with E-state index in [1.54, 1.807) is 6.07 Å². The molecular weight excluding hydrogens is 351 g/mol. The van der Waals surface area contributed by atoms with E-state index in [9.17, 15) is 22.4 Å². The van der Waals surface area contributed by atoms with Crippen molar-refractivity contribution in [1.82, 2.24) is 9.62 Å². The highest BCUT2D eigenvalue weighted by molar-refractivity contribution is 7.89. The van der Waals surface area contributed by atoms with E-state index in [-0.39, 0.29) is 30.7 Å². The molecule has 0 atom stereocenters. The Bertz CT molecular complexity index is 717. The zero-order chi connectivity index (χ0) is 18.3. The molecule has 0 unspecified atom stereocenters. The molecule has 0 aromatic heterocycles. The Kier molecular flexibility index (Phi) is 7.03. The van der Waals surface area contributed by atoms with Crippen LogP contribution >= 0.6 is 0 Å². The van der Waals surface area contributed by atoms with Gasteiger partial charge in [-0.05, 0) is 12.1 Å². The van der Waals surface area contributed by atoms with Crippen molar-refractivity contribution in [2.75, 3.05) is 38.6 Å². The van der Waals surface area contributed by atoms with Crippen LogP contribution in [-0.4, -0.2) is 63.0 Å². The van der Waals surface area contributed by atoms with Crippen LogP contribution in [0.25, 0.3) is 0 Å². The number of hydrogen-bond acceptors (Lipinski definition) is 5. The average Bonchev–Trinajstić information content (AvgIpc) is 2.60. The fourth-order valence-corrected chi connectivity index (χ4v) is 3.73. The third-order valence-electron chi connectivity index (χ3n) is 3.80. The predicted molar refractivity (Wildman–Crippen MR) is 89.2 cm³/mol. The van der Waals surface area contributed by atoms with Crippen LogP contribution in [0.5, 0.6) is 0 Å². The lowest BCUT2D eigenvalue weighted by molar-refractivity contribution is -0.120. The molecule has 7 nitrogen and oxygen atoms in total. The number of nitrogens with zero attached hydrogens (tertiary/aromatic N) is 1. The van der Waals surface area contributed by atoms with Crippen molar-refractivity contribution in [3.63, 3.8) is 0 Å². The molecule has 25 heavy (non-hydrogen) atoms. The van der Waals surface area contributed by atoms with Crippen LogP contribution < -0.4 is 5.32 Å². The molecule has 1 N–H and O–H groups in total. The van der Waals surface area contributed by atoms with Crippen molar-refractivity contribution >= 4 is 21.7 Å². The maximum atomic E-state index is 13.5. The van der Waals surface area contributed by atoms with Gasteiger partial charge in [0.15, 0.2) is 5.78 Å². The number of amides is 1. The summed E-state index contributed by atoms with van der Waals surface area (Å²) in [6.45, 7) is 1.32. The molecule has 1 amide bonds. The molecule has 1 aliphatic rings. The fraction of sp³-hybridized carbons (Fsp3) is 0.500. The Labute approximate surface area is 146 Å². The van der Waals surface area contributed by atoms with Crippen LogP contribution in [-0.2, 0) is 19.6 Å². The van der Waals surface area contributed by atoms with Gasteiger partial charge in [-0.1, -0.05) is 12.1 Å². The summed E-state index contributed by atoms with van der Waals surface area (Å²) in [5, 5.41) is 2.48. The number of ketones is 1. The fourth-order valence-electron chi connectivity index (χ4n) is 2.41. The van der Waals surface area contributed by atoms with Gasteiger partial charge in [0.25, 0.3) is 0 Å². The molecule has 1 saturated heterocycles. The Morgan fingerprint density at radius 2 is 1.84 bits per heavy atom. The lowest BCUT2D eigenvalue weighted by Crippen LogP contribution is -2.43.